The monoisotopic (exact) mass is 547 g/mol. The van der Waals surface area contributed by atoms with E-state index >= 15 is 0 Å². The molecule has 0 radical (unpaired) electrons. The van der Waals surface area contributed by atoms with Crippen molar-refractivity contribution in [3.63, 3.8) is 0 Å². The molecule has 0 bridgehead atoms. The first-order chi connectivity index (χ1) is 17.1. The molecule has 1 aromatic heterocycles. The molecule has 2 atom stereocenters. The number of benzene rings is 1. The summed E-state index contributed by atoms with van der Waals surface area (Å²) in [5.41, 5.74) is 7.93. The van der Waals surface area contributed by atoms with E-state index < -0.39 is 29.2 Å². The standard InChI is InChI=1S/C24H23ClN4O5S2/c1-12-7-17(13(2)6-16(12)25)35-11-18(30)27-19-22(32)29-20(24(33)34)15(10-36-23(19)29)9-28-5-3-4-14(8-28)21(26)31/h3-8,19,23H,9-11H2,1-2H3,(H3-,26,27,30,31,33,34)/p+1/t19-,23+/m0/s1. The quantitative estimate of drug-likeness (QED) is 0.261. The Hall–Kier alpha value is -3.02. The van der Waals surface area contributed by atoms with Crippen LogP contribution in [0.1, 0.15) is 21.5 Å². The van der Waals surface area contributed by atoms with Gasteiger partial charge in [-0.3, -0.25) is 19.3 Å². The van der Waals surface area contributed by atoms with Gasteiger partial charge in [0.1, 0.15) is 22.7 Å². The minimum atomic E-state index is -1.22. The van der Waals surface area contributed by atoms with E-state index in [9.17, 15) is 24.3 Å². The number of nitrogens with two attached hydrogens (primary N) is 1. The van der Waals surface area contributed by atoms with Gasteiger partial charge >= 0.3 is 5.97 Å². The Labute approximate surface area is 221 Å². The third-order valence-corrected chi connectivity index (χ3v) is 8.80. The number of thioether (sulfide) groups is 2. The van der Waals surface area contributed by atoms with Crippen molar-refractivity contribution in [1.82, 2.24) is 10.2 Å². The Bertz CT molecular complexity index is 1320. The molecular weight excluding hydrogens is 524 g/mol. The Balaban J connectivity index is 1.43. The van der Waals surface area contributed by atoms with Gasteiger partial charge in [0.05, 0.1) is 5.75 Å². The Kier molecular flexibility index (Phi) is 7.62. The molecule has 0 aliphatic carbocycles. The van der Waals surface area contributed by atoms with Gasteiger partial charge in [-0.25, -0.2) is 9.36 Å². The summed E-state index contributed by atoms with van der Waals surface area (Å²) in [6.45, 7) is 3.99. The van der Waals surface area contributed by atoms with Gasteiger partial charge in [0.25, 0.3) is 11.8 Å². The molecule has 4 N–H and O–H groups in total. The number of nitrogens with zero attached hydrogens (tertiary/aromatic N) is 2. The van der Waals surface area contributed by atoms with Crippen LogP contribution in [0, 0.1) is 13.8 Å². The fraction of sp³-hybridized carbons (Fsp3) is 0.292. The second kappa shape index (κ2) is 10.5. The minimum absolute atomic E-state index is 0.0899. The van der Waals surface area contributed by atoms with Crippen molar-refractivity contribution in [2.45, 2.75) is 36.7 Å². The molecule has 0 saturated carbocycles. The first-order valence-electron chi connectivity index (χ1n) is 10.9. The van der Waals surface area contributed by atoms with Crippen molar-refractivity contribution in [2.24, 2.45) is 5.73 Å². The molecule has 188 valence electrons. The van der Waals surface area contributed by atoms with Crippen LogP contribution in [0.25, 0.3) is 0 Å². The van der Waals surface area contributed by atoms with Crippen LogP contribution in [0.5, 0.6) is 0 Å². The van der Waals surface area contributed by atoms with Gasteiger partial charge in [-0.1, -0.05) is 11.6 Å². The van der Waals surface area contributed by atoms with Gasteiger partial charge in [-0.15, -0.1) is 23.5 Å². The maximum atomic E-state index is 12.9. The minimum Gasteiger partial charge on any atom is -0.477 e. The normalized spacial score (nSPS) is 19.0. The molecule has 2 aliphatic heterocycles. The molecule has 2 aliphatic rings. The number of primary amides is 1. The van der Waals surface area contributed by atoms with Crippen LogP contribution >= 0.6 is 35.1 Å². The lowest BCUT2D eigenvalue weighted by Crippen LogP contribution is -2.71. The van der Waals surface area contributed by atoms with Crippen LogP contribution in [-0.2, 0) is 20.9 Å². The smallest absolute Gasteiger partial charge is 0.352 e. The van der Waals surface area contributed by atoms with Crippen molar-refractivity contribution < 1.29 is 28.9 Å². The molecule has 2 aromatic rings. The first kappa shape index (κ1) is 26.1. The SMILES string of the molecule is Cc1cc(SCC(=O)N[C@H]2C(=O)N3C(C(=O)O)=C(C[n+]4cccc(C(N)=O)c4)CS[C@H]23)c(C)cc1Cl. The van der Waals surface area contributed by atoms with Crippen molar-refractivity contribution in [1.29, 1.82) is 0 Å². The zero-order valence-electron chi connectivity index (χ0n) is 19.5. The molecule has 12 heteroatoms. The number of β-lactam (4-membered cyclic amide) rings is 1. The Morgan fingerprint density at radius 3 is 2.75 bits per heavy atom. The number of fused-ring (bicyclic) bond motifs is 1. The van der Waals surface area contributed by atoms with Crippen molar-refractivity contribution in [2.75, 3.05) is 11.5 Å². The fourth-order valence-corrected chi connectivity index (χ4v) is 6.53. The molecule has 3 amide bonds. The number of aryl methyl sites for hydroxylation is 2. The highest BCUT2D eigenvalue weighted by Gasteiger charge is 2.54. The predicted octanol–water partition coefficient (Wildman–Crippen LogP) is 1.87. The summed E-state index contributed by atoms with van der Waals surface area (Å²) in [7, 11) is 0. The van der Waals surface area contributed by atoms with Crippen molar-refractivity contribution in [3.05, 3.63) is 69.6 Å². The van der Waals surface area contributed by atoms with Crippen LogP contribution in [0.3, 0.4) is 0 Å². The summed E-state index contributed by atoms with van der Waals surface area (Å²) >= 11 is 8.88. The second-order valence-corrected chi connectivity index (χ2v) is 11.0. The molecule has 36 heavy (non-hydrogen) atoms. The summed E-state index contributed by atoms with van der Waals surface area (Å²) < 4.78 is 1.65. The largest absolute Gasteiger partial charge is 0.477 e. The third kappa shape index (κ3) is 5.23. The van der Waals surface area contributed by atoms with Gasteiger partial charge in [0.2, 0.25) is 5.91 Å². The first-order valence-corrected chi connectivity index (χ1v) is 13.4. The molecule has 1 aromatic carbocycles. The van der Waals surface area contributed by atoms with E-state index in [1.54, 1.807) is 22.9 Å². The highest BCUT2D eigenvalue weighted by molar-refractivity contribution is 8.00. The predicted molar refractivity (Wildman–Crippen MR) is 136 cm³/mol. The number of halogens is 1. The van der Waals surface area contributed by atoms with E-state index in [0.29, 0.717) is 21.9 Å². The lowest BCUT2D eigenvalue weighted by Gasteiger charge is -2.49. The lowest BCUT2D eigenvalue weighted by molar-refractivity contribution is -0.689. The molecule has 3 heterocycles. The van der Waals surface area contributed by atoms with Crippen molar-refractivity contribution in [3.8, 4) is 0 Å². The van der Waals surface area contributed by atoms with Gasteiger partial charge < -0.3 is 16.2 Å². The lowest BCUT2D eigenvalue weighted by atomic mass is 10.0. The number of carboxylic acid groups (broad SMARTS) is 1. The van der Waals surface area contributed by atoms with E-state index in [2.05, 4.69) is 5.32 Å². The molecule has 1 saturated heterocycles. The highest BCUT2D eigenvalue weighted by atomic mass is 35.5. The number of hydrogen-bond donors (Lipinski definition) is 3. The second-order valence-electron chi connectivity index (χ2n) is 8.50. The summed E-state index contributed by atoms with van der Waals surface area (Å²) in [4.78, 5) is 51.2. The number of carbonyl (C=O) groups is 4. The van der Waals surface area contributed by atoms with Crippen LogP contribution in [0.4, 0.5) is 0 Å². The number of carboxylic acids is 1. The van der Waals surface area contributed by atoms with Crippen LogP contribution in [-0.4, -0.2) is 56.6 Å². The van der Waals surface area contributed by atoms with Crippen molar-refractivity contribution >= 4 is 58.8 Å². The number of rotatable bonds is 8. The summed E-state index contributed by atoms with van der Waals surface area (Å²) in [5, 5.41) is 12.8. The van der Waals surface area contributed by atoms with Crippen LogP contribution < -0.4 is 15.6 Å². The maximum Gasteiger partial charge on any atom is 0.352 e. The van der Waals surface area contributed by atoms with E-state index in [1.165, 1.54) is 34.6 Å². The average molecular weight is 548 g/mol. The number of nitrogens with one attached hydrogen (secondary N) is 1. The van der Waals surface area contributed by atoms with Crippen LogP contribution in [0.15, 0.2) is 52.8 Å². The summed E-state index contributed by atoms with van der Waals surface area (Å²) in [6, 6.07) is 6.19. The summed E-state index contributed by atoms with van der Waals surface area (Å²) in [6.07, 6.45) is 3.23. The molecule has 0 unspecified atom stereocenters. The number of amides is 3. The van der Waals surface area contributed by atoms with Gasteiger partial charge in [0.15, 0.2) is 18.9 Å². The van der Waals surface area contributed by atoms with Gasteiger partial charge in [-0.05, 0) is 43.2 Å². The van der Waals surface area contributed by atoms with Gasteiger partial charge in [0, 0.05) is 27.3 Å². The number of aromatic nitrogens is 1. The highest BCUT2D eigenvalue weighted by Crippen LogP contribution is 2.40. The van der Waals surface area contributed by atoms with E-state index in [4.69, 9.17) is 17.3 Å². The fourth-order valence-electron chi connectivity index (χ4n) is 4.06. The summed E-state index contributed by atoms with van der Waals surface area (Å²) in [5.74, 6) is -2.11. The number of pyridine rings is 1. The average Bonchev–Trinajstić information content (AvgIpc) is 2.83. The zero-order chi connectivity index (χ0) is 26.1. The van der Waals surface area contributed by atoms with E-state index in [0.717, 1.165) is 16.0 Å². The molecular formula is C24H24ClN4O5S2+. The Morgan fingerprint density at radius 1 is 1.31 bits per heavy atom. The Morgan fingerprint density at radius 2 is 2.06 bits per heavy atom. The maximum absolute atomic E-state index is 12.9. The number of aliphatic carboxylic acids is 1. The molecule has 1 fully saturated rings. The molecule has 4 rings (SSSR count). The molecule has 0 spiro atoms. The van der Waals surface area contributed by atoms with E-state index in [1.807, 2.05) is 26.0 Å². The number of hydrogen-bond acceptors (Lipinski definition) is 6. The molecule has 9 nitrogen and oxygen atoms in total. The third-order valence-electron chi connectivity index (χ3n) is 5.90. The van der Waals surface area contributed by atoms with E-state index in [-0.39, 0.29) is 23.9 Å². The zero-order valence-corrected chi connectivity index (χ0v) is 21.9. The van der Waals surface area contributed by atoms with Crippen LogP contribution in [0.2, 0.25) is 5.02 Å². The number of carbonyl (C=O) groups excluding carboxylic acids is 3. The van der Waals surface area contributed by atoms with Gasteiger partial charge in [-0.2, -0.15) is 0 Å². The topological polar surface area (TPSA) is 134 Å².